The fraction of sp³-hybridized carbons (Fsp3) is 0.400. The van der Waals surface area contributed by atoms with Gasteiger partial charge in [0.1, 0.15) is 0 Å². The molecule has 2 aliphatic rings. The molecule has 2 saturated heterocycles. The summed E-state index contributed by atoms with van der Waals surface area (Å²) in [6, 6.07) is 18.9. The van der Waals surface area contributed by atoms with Gasteiger partial charge in [0.25, 0.3) is 0 Å². The Bertz CT molecular complexity index is 622. The fourth-order valence-corrected chi connectivity index (χ4v) is 4.82. The zero-order valence-corrected chi connectivity index (χ0v) is 16.8. The molecule has 0 unspecified atom stereocenters. The molecule has 24 heavy (non-hydrogen) atoms. The Morgan fingerprint density at radius 2 is 1.00 bits per heavy atom. The highest BCUT2D eigenvalue weighted by Crippen LogP contribution is 2.36. The van der Waals surface area contributed by atoms with Crippen LogP contribution in [0.25, 0.3) is 0 Å². The van der Waals surface area contributed by atoms with Gasteiger partial charge in [-0.3, -0.25) is 0 Å². The summed E-state index contributed by atoms with van der Waals surface area (Å²) >= 11 is 7.10. The van der Waals surface area contributed by atoms with E-state index in [1.165, 1.54) is 50.1 Å². The zero-order chi connectivity index (χ0) is 16.5. The fourth-order valence-electron chi connectivity index (χ4n) is 4.29. The first kappa shape index (κ1) is 16.5. The molecule has 2 aromatic carbocycles. The van der Waals surface area contributed by atoms with Crippen molar-refractivity contribution in [3.05, 3.63) is 57.5 Å². The summed E-state index contributed by atoms with van der Waals surface area (Å²) in [5, 5.41) is 0. The Hall–Kier alpha value is -1.00. The molecule has 0 aliphatic carbocycles. The molecule has 2 aromatic rings. The molecule has 0 N–H and O–H groups in total. The van der Waals surface area contributed by atoms with E-state index in [0.29, 0.717) is 12.1 Å². The van der Waals surface area contributed by atoms with Gasteiger partial charge in [-0.05, 0) is 74.2 Å². The molecule has 4 heteroatoms. The molecule has 0 saturated carbocycles. The van der Waals surface area contributed by atoms with Crippen LogP contribution in [-0.4, -0.2) is 25.2 Å². The zero-order valence-electron chi connectivity index (χ0n) is 13.7. The molecule has 0 radical (unpaired) electrons. The highest BCUT2D eigenvalue weighted by Gasteiger charge is 2.37. The van der Waals surface area contributed by atoms with Crippen LogP contribution in [0.5, 0.6) is 0 Å². The van der Waals surface area contributed by atoms with Gasteiger partial charge in [-0.1, -0.05) is 31.9 Å². The molecule has 2 aliphatic heterocycles. The third-order valence-electron chi connectivity index (χ3n) is 5.36. The highest BCUT2D eigenvalue weighted by atomic mass is 79.9. The lowest BCUT2D eigenvalue weighted by atomic mass is 10.0. The van der Waals surface area contributed by atoms with Gasteiger partial charge in [0.05, 0.1) is 0 Å². The minimum Gasteiger partial charge on any atom is -0.366 e. The largest absolute Gasteiger partial charge is 0.366 e. The van der Waals surface area contributed by atoms with Crippen LogP contribution in [0.3, 0.4) is 0 Å². The van der Waals surface area contributed by atoms with Gasteiger partial charge in [0.15, 0.2) is 0 Å². The highest BCUT2D eigenvalue weighted by molar-refractivity contribution is 9.10. The van der Waals surface area contributed by atoms with Crippen molar-refractivity contribution in [2.45, 2.75) is 37.8 Å². The smallest absolute Gasteiger partial charge is 0.0494 e. The number of hydrogen-bond donors (Lipinski definition) is 0. The molecule has 0 spiro atoms. The molecule has 2 heterocycles. The first-order chi connectivity index (χ1) is 11.7. The van der Waals surface area contributed by atoms with Gasteiger partial charge < -0.3 is 9.80 Å². The van der Waals surface area contributed by atoms with Crippen LogP contribution in [0.4, 0.5) is 11.4 Å². The van der Waals surface area contributed by atoms with Gasteiger partial charge in [-0.15, -0.1) is 0 Å². The molecular weight excluding hydrogens is 428 g/mol. The van der Waals surface area contributed by atoms with Crippen molar-refractivity contribution in [3.63, 3.8) is 0 Å². The van der Waals surface area contributed by atoms with Gasteiger partial charge >= 0.3 is 0 Å². The predicted octanol–water partition coefficient (Wildman–Crippen LogP) is 5.85. The quantitative estimate of drug-likeness (QED) is 0.579. The Labute approximate surface area is 161 Å². The normalized spacial score (nSPS) is 23.9. The first-order valence-corrected chi connectivity index (χ1v) is 10.4. The number of rotatable bonds is 3. The van der Waals surface area contributed by atoms with Crippen LogP contribution in [0.1, 0.15) is 25.7 Å². The number of benzene rings is 2. The van der Waals surface area contributed by atoms with E-state index < -0.39 is 0 Å². The maximum Gasteiger partial charge on any atom is 0.0494 e. The first-order valence-electron chi connectivity index (χ1n) is 8.77. The molecule has 4 rings (SSSR count). The lowest BCUT2D eigenvalue weighted by molar-refractivity contribution is 0.521. The standard InChI is InChI=1S/C20H22Br2N2/c21-15-5-9-17(10-6-15)23-13-1-3-19(23)20-4-2-14-24(20)18-11-7-16(22)8-12-18/h5-12,19-20H,1-4,13-14H2/t19-,20-/m0/s1. The topological polar surface area (TPSA) is 6.48 Å². The van der Waals surface area contributed by atoms with E-state index >= 15 is 0 Å². The third kappa shape index (κ3) is 3.23. The number of hydrogen-bond acceptors (Lipinski definition) is 2. The average molecular weight is 450 g/mol. The van der Waals surface area contributed by atoms with E-state index in [4.69, 9.17) is 0 Å². The second-order valence-corrected chi connectivity index (χ2v) is 8.59. The summed E-state index contributed by atoms with van der Waals surface area (Å²) in [5.41, 5.74) is 2.73. The molecule has 2 fully saturated rings. The van der Waals surface area contributed by atoms with Crippen LogP contribution >= 0.6 is 31.9 Å². The predicted molar refractivity (Wildman–Crippen MR) is 109 cm³/mol. The summed E-state index contributed by atoms with van der Waals surface area (Å²) in [6.07, 6.45) is 5.19. The third-order valence-corrected chi connectivity index (χ3v) is 6.42. The molecular formula is C20H22Br2N2. The minimum atomic E-state index is 0.623. The van der Waals surface area contributed by atoms with Crippen LogP contribution in [-0.2, 0) is 0 Å². The molecule has 2 atom stereocenters. The average Bonchev–Trinajstić information content (AvgIpc) is 3.25. The van der Waals surface area contributed by atoms with E-state index in [2.05, 4.69) is 90.2 Å². The summed E-state index contributed by atoms with van der Waals surface area (Å²) in [5.74, 6) is 0. The second kappa shape index (κ2) is 7.09. The van der Waals surface area contributed by atoms with E-state index in [0.717, 1.165) is 8.95 Å². The summed E-state index contributed by atoms with van der Waals surface area (Å²) in [7, 11) is 0. The molecule has 0 bridgehead atoms. The lowest BCUT2D eigenvalue weighted by Gasteiger charge is -2.37. The van der Waals surface area contributed by atoms with E-state index in [9.17, 15) is 0 Å². The number of nitrogens with zero attached hydrogens (tertiary/aromatic N) is 2. The molecule has 2 nitrogen and oxygen atoms in total. The van der Waals surface area contributed by atoms with E-state index in [-0.39, 0.29) is 0 Å². The molecule has 0 aromatic heterocycles. The Morgan fingerprint density at radius 1 is 0.625 bits per heavy atom. The van der Waals surface area contributed by atoms with E-state index in [1.54, 1.807) is 0 Å². The SMILES string of the molecule is Brc1ccc(N2CCC[C@H]2[C@@H]2CCCN2c2ccc(Br)cc2)cc1. The van der Waals surface area contributed by atoms with Crippen molar-refractivity contribution in [3.8, 4) is 0 Å². The van der Waals surface area contributed by atoms with Crippen molar-refractivity contribution < 1.29 is 0 Å². The lowest BCUT2D eigenvalue weighted by Crippen LogP contribution is -2.46. The number of halogens is 2. The Kier molecular flexibility index (Phi) is 4.86. The molecule has 0 amide bonds. The minimum absolute atomic E-state index is 0.623. The van der Waals surface area contributed by atoms with Crippen LogP contribution in [0.2, 0.25) is 0 Å². The maximum absolute atomic E-state index is 3.55. The maximum atomic E-state index is 3.55. The monoisotopic (exact) mass is 448 g/mol. The second-order valence-electron chi connectivity index (χ2n) is 6.76. The summed E-state index contributed by atoms with van der Waals surface area (Å²) in [4.78, 5) is 5.27. The summed E-state index contributed by atoms with van der Waals surface area (Å²) in [6.45, 7) is 2.36. The van der Waals surface area contributed by atoms with Crippen LogP contribution < -0.4 is 9.80 Å². The van der Waals surface area contributed by atoms with E-state index in [1.807, 2.05) is 0 Å². The van der Waals surface area contributed by atoms with Gasteiger partial charge in [-0.25, -0.2) is 0 Å². The van der Waals surface area contributed by atoms with Crippen molar-refractivity contribution in [2.75, 3.05) is 22.9 Å². The van der Waals surface area contributed by atoms with Crippen molar-refractivity contribution >= 4 is 43.2 Å². The molecule has 126 valence electrons. The van der Waals surface area contributed by atoms with Gasteiger partial charge in [-0.2, -0.15) is 0 Å². The number of anilines is 2. The van der Waals surface area contributed by atoms with Gasteiger partial charge in [0, 0.05) is 45.5 Å². The van der Waals surface area contributed by atoms with Crippen LogP contribution in [0.15, 0.2) is 57.5 Å². The summed E-state index contributed by atoms with van der Waals surface area (Å²) < 4.78 is 2.30. The Balaban J connectivity index is 1.58. The van der Waals surface area contributed by atoms with Gasteiger partial charge in [0.2, 0.25) is 0 Å². The van der Waals surface area contributed by atoms with Crippen LogP contribution in [0, 0.1) is 0 Å². The van der Waals surface area contributed by atoms with Crippen molar-refractivity contribution in [1.82, 2.24) is 0 Å². The van der Waals surface area contributed by atoms with Crippen molar-refractivity contribution in [2.24, 2.45) is 0 Å². The Morgan fingerprint density at radius 3 is 1.38 bits per heavy atom. The van der Waals surface area contributed by atoms with Crippen molar-refractivity contribution in [1.29, 1.82) is 0 Å².